The summed E-state index contributed by atoms with van der Waals surface area (Å²) >= 11 is 7.78. The van der Waals surface area contributed by atoms with E-state index in [1.54, 1.807) is 24.8 Å². The summed E-state index contributed by atoms with van der Waals surface area (Å²) in [7, 11) is 0. The van der Waals surface area contributed by atoms with Crippen LogP contribution in [0.1, 0.15) is 16.8 Å². The molecule has 0 N–H and O–H groups in total. The van der Waals surface area contributed by atoms with Crippen LogP contribution in [0.2, 0.25) is 5.02 Å². The molecule has 4 rings (SSSR count). The molecular formula is C23H19ClN4OS. The molecule has 0 aliphatic carbocycles. The number of rotatable bonds is 7. The number of pyridine rings is 2. The second kappa shape index (κ2) is 9.61. The maximum atomic E-state index is 13.2. The number of hydrogen-bond donors (Lipinski definition) is 0. The number of carbonyl (C=O) groups excluding carboxylic acids is 1. The van der Waals surface area contributed by atoms with Gasteiger partial charge in [-0.05, 0) is 35.4 Å². The van der Waals surface area contributed by atoms with Crippen LogP contribution < -0.4 is 0 Å². The molecule has 1 aromatic carbocycles. The van der Waals surface area contributed by atoms with E-state index >= 15 is 0 Å². The van der Waals surface area contributed by atoms with Gasteiger partial charge in [-0.1, -0.05) is 35.9 Å². The van der Waals surface area contributed by atoms with Gasteiger partial charge in [0.25, 0.3) is 0 Å². The number of halogens is 1. The first-order valence-corrected chi connectivity index (χ1v) is 10.7. The first-order valence-electron chi connectivity index (χ1n) is 9.44. The van der Waals surface area contributed by atoms with E-state index in [4.69, 9.17) is 11.6 Å². The third-order valence-corrected chi connectivity index (χ3v) is 5.81. The second-order valence-electron chi connectivity index (χ2n) is 6.77. The van der Waals surface area contributed by atoms with Crippen molar-refractivity contribution in [3.8, 4) is 10.6 Å². The van der Waals surface area contributed by atoms with Crippen molar-refractivity contribution in [1.29, 1.82) is 0 Å². The number of amides is 1. The smallest absolute Gasteiger partial charge is 0.229 e. The summed E-state index contributed by atoms with van der Waals surface area (Å²) in [5.74, 6) is 0.00618. The van der Waals surface area contributed by atoms with Gasteiger partial charge >= 0.3 is 0 Å². The van der Waals surface area contributed by atoms with Gasteiger partial charge in [-0.25, -0.2) is 4.98 Å². The molecule has 3 heterocycles. The van der Waals surface area contributed by atoms with Crippen molar-refractivity contribution >= 4 is 28.8 Å². The molecule has 0 aliphatic rings. The zero-order valence-electron chi connectivity index (χ0n) is 16.1. The number of nitrogens with zero attached hydrogens (tertiary/aromatic N) is 4. The van der Waals surface area contributed by atoms with Crippen LogP contribution in [-0.4, -0.2) is 25.8 Å². The van der Waals surface area contributed by atoms with Crippen LogP contribution >= 0.6 is 22.9 Å². The predicted molar refractivity (Wildman–Crippen MR) is 119 cm³/mol. The molecule has 7 heteroatoms. The van der Waals surface area contributed by atoms with E-state index in [1.807, 2.05) is 58.8 Å². The molecule has 30 heavy (non-hydrogen) atoms. The molecule has 0 saturated carbocycles. The first kappa shape index (κ1) is 20.2. The van der Waals surface area contributed by atoms with Crippen molar-refractivity contribution in [3.63, 3.8) is 0 Å². The van der Waals surface area contributed by atoms with E-state index in [-0.39, 0.29) is 12.3 Å². The summed E-state index contributed by atoms with van der Waals surface area (Å²) in [6.07, 6.45) is 7.21. The van der Waals surface area contributed by atoms with Gasteiger partial charge in [0.15, 0.2) is 0 Å². The summed E-state index contributed by atoms with van der Waals surface area (Å²) in [4.78, 5) is 27.8. The minimum Gasteiger partial charge on any atom is -0.334 e. The molecular weight excluding hydrogens is 416 g/mol. The van der Waals surface area contributed by atoms with E-state index in [2.05, 4.69) is 15.0 Å². The Labute approximate surface area is 184 Å². The molecule has 0 fully saturated rings. The third-order valence-electron chi connectivity index (χ3n) is 4.56. The molecule has 0 bridgehead atoms. The van der Waals surface area contributed by atoms with Gasteiger partial charge in [0.2, 0.25) is 5.91 Å². The fourth-order valence-corrected chi connectivity index (χ4v) is 4.21. The molecule has 0 radical (unpaired) electrons. The van der Waals surface area contributed by atoms with Crippen molar-refractivity contribution in [1.82, 2.24) is 19.9 Å². The van der Waals surface area contributed by atoms with Gasteiger partial charge < -0.3 is 4.90 Å². The summed E-state index contributed by atoms with van der Waals surface area (Å²) in [6.45, 7) is 0.980. The molecule has 3 aromatic heterocycles. The average molecular weight is 435 g/mol. The van der Waals surface area contributed by atoms with Crippen molar-refractivity contribution in [3.05, 3.63) is 101 Å². The predicted octanol–water partition coefficient (Wildman–Crippen LogP) is 5.03. The monoisotopic (exact) mass is 434 g/mol. The van der Waals surface area contributed by atoms with Crippen molar-refractivity contribution in [2.45, 2.75) is 19.5 Å². The van der Waals surface area contributed by atoms with E-state index in [9.17, 15) is 4.79 Å². The van der Waals surface area contributed by atoms with Crippen LogP contribution in [-0.2, 0) is 24.3 Å². The molecule has 0 spiro atoms. The van der Waals surface area contributed by atoms with Crippen molar-refractivity contribution in [2.75, 3.05) is 0 Å². The molecule has 4 aromatic rings. The van der Waals surface area contributed by atoms with Crippen LogP contribution in [0, 0.1) is 0 Å². The Hall–Kier alpha value is -3.09. The summed E-state index contributed by atoms with van der Waals surface area (Å²) in [5.41, 5.74) is 3.63. The molecule has 0 saturated heterocycles. The van der Waals surface area contributed by atoms with E-state index in [0.717, 1.165) is 27.4 Å². The fourth-order valence-electron chi connectivity index (χ4n) is 3.07. The fraction of sp³-hybridized carbons (Fsp3) is 0.130. The number of carbonyl (C=O) groups is 1. The minimum atomic E-state index is 0.00618. The molecule has 0 unspecified atom stereocenters. The lowest BCUT2D eigenvalue weighted by Crippen LogP contribution is -2.31. The molecule has 5 nitrogen and oxygen atoms in total. The lowest BCUT2D eigenvalue weighted by atomic mass is 10.2. The maximum absolute atomic E-state index is 13.2. The average Bonchev–Trinajstić information content (AvgIpc) is 3.23. The third kappa shape index (κ3) is 5.09. The Kier molecular flexibility index (Phi) is 6.47. The normalized spacial score (nSPS) is 10.7. The Balaban J connectivity index is 1.52. The van der Waals surface area contributed by atoms with Crippen LogP contribution in [0.3, 0.4) is 0 Å². The lowest BCUT2D eigenvalue weighted by Gasteiger charge is -2.22. The van der Waals surface area contributed by atoms with Gasteiger partial charge in [0, 0.05) is 48.8 Å². The van der Waals surface area contributed by atoms with E-state index in [0.29, 0.717) is 18.1 Å². The molecule has 0 atom stereocenters. The quantitative estimate of drug-likeness (QED) is 0.409. The van der Waals surface area contributed by atoms with E-state index in [1.165, 1.54) is 11.3 Å². The largest absolute Gasteiger partial charge is 0.334 e. The Bertz CT molecular complexity index is 1080. The standard InChI is InChI=1S/C23H19ClN4OS/c24-21-6-2-1-5-20(21)23-27-19(16-30-23)12-22(29)28(14-17-7-10-25-11-8-17)15-18-4-3-9-26-13-18/h1-11,13,16H,12,14-15H2. The highest BCUT2D eigenvalue weighted by Gasteiger charge is 2.18. The summed E-state index contributed by atoms with van der Waals surface area (Å²) in [5, 5.41) is 3.39. The number of benzene rings is 1. The Morgan fingerprint density at radius 3 is 2.50 bits per heavy atom. The molecule has 0 aliphatic heterocycles. The topological polar surface area (TPSA) is 59.0 Å². The summed E-state index contributed by atoms with van der Waals surface area (Å²) in [6, 6.07) is 15.3. The van der Waals surface area contributed by atoms with Gasteiger partial charge in [-0.2, -0.15) is 0 Å². The van der Waals surface area contributed by atoms with Gasteiger partial charge in [-0.15, -0.1) is 11.3 Å². The lowest BCUT2D eigenvalue weighted by molar-refractivity contribution is -0.131. The van der Waals surface area contributed by atoms with Crippen LogP contribution in [0.15, 0.2) is 78.7 Å². The number of aromatic nitrogens is 3. The molecule has 150 valence electrons. The van der Waals surface area contributed by atoms with E-state index < -0.39 is 0 Å². The van der Waals surface area contributed by atoms with Gasteiger partial charge in [0.05, 0.1) is 17.1 Å². The second-order valence-corrected chi connectivity index (χ2v) is 8.03. The zero-order chi connectivity index (χ0) is 20.8. The first-order chi connectivity index (χ1) is 14.7. The number of hydrogen-bond acceptors (Lipinski definition) is 5. The zero-order valence-corrected chi connectivity index (χ0v) is 17.7. The Morgan fingerprint density at radius 2 is 1.73 bits per heavy atom. The van der Waals surface area contributed by atoms with Crippen LogP contribution in [0.25, 0.3) is 10.6 Å². The van der Waals surface area contributed by atoms with Gasteiger partial charge in [-0.3, -0.25) is 14.8 Å². The number of thiazole rings is 1. The van der Waals surface area contributed by atoms with Crippen LogP contribution in [0.4, 0.5) is 0 Å². The minimum absolute atomic E-state index is 0.00618. The highest BCUT2D eigenvalue weighted by atomic mass is 35.5. The highest BCUT2D eigenvalue weighted by molar-refractivity contribution is 7.13. The van der Waals surface area contributed by atoms with Crippen molar-refractivity contribution < 1.29 is 4.79 Å². The van der Waals surface area contributed by atoms with Crippen molar-refractivity contribution in [2.24, 2.45) is 0 Å². The van der Waals surface area contributed by atoms with Gasteiger partial charge in [0.1, 0.15) is 5.01 Å². The SMILES string of the molecule is O=C(Cc1csc(-c2ccccc2Cl)n1)N(Cc1ccncc1)Cc1cccnc1. The van der Waals surface area contributed by atoms with Crippen LogP contribution in [0.5, 0.6) is 0 Å². The highest BCUT2D eigenvalue weighted by Crippen LogP contribution is 2.30. The maximum Gasteiger partial charge on any atom is 0.229 e. The molecule has 1 amide bonds. The summed E-state index contributed by atoms with van der Waals surface area (Å²) < 4.78 is 0. The Morgan fingerprint density at radius 1 is 0.933 bits per heavy atom.